The number of anilines is 1. The van der Waals surface area contributed by atoms with Crippen LogP contribution in [0.5, 0.6) is 0 Å². The van der Waals surface area contributed by atoms with Gasteiger partial charge in [-0.25, -0.2) is 0 Å². The summed E-state index contributed by atoms with van der Waals surface area (Å²) in [5.74, 6) is 0. The Bertz CT molecular complexity index is 1410. The van der Waals surface area contributed by atoms with E-state index in [-0.39, 0.29) is 0 Å². The van der Waals surface area contributed by atoms with Crippen molar-refractivity contribution in [2.24, 2.45) is 15.0 Å². The van der Waals surface area contributed by atoms with Crippen LogP contribution in [0, 0.1) is 0 Å². The number of benzene rings is 5. The summed E-state index contributed by atoms with van der Waals surface area (Å²) in [4.78, 5) is 2.06. The first-order chi connectivity index (χ1) is 18.1. The van der Waals surface area contributed by atoms with Crippen molar-refractivity contribution in [2.75, 3.05) is 19.0 Å². The maximum absolute atomic E-state index is 5.52. The van der Waals surface area contributed by atoms with E-state index in [1.54, 1.807) is 0 Å². The van der Waals surface area contributed by atoms with E-state index in [2.05, 4.69) is 106 Å². The highest BCUT2D eigenvalue weighted by Crippen LogP contribution is 2.49. The zero-order valence-corrected chi connectivity index (χ0v) is 21.9. The van der Waals surface area contributed by atoms with E-state index in [4.69, 9.17) is 4.74 Å². The van der Waals surface area contributed by atoms with Crippen molar-refractivity contribution in [1.29, 1.82) is 0 Å². The smallest absolute Gasteiger partial charge is 0.0858 e. The third-order valence-corrected chi connectivity index (χ3v) is 9.82. The monoisotopic (exact) mass is 500 g/mol. The standard InChI is InChI=1S/C32H29N4P/c1-36(2)29-24-22-27(23-25-29)34-33-26-18-20-28(21-19-26)35-37(30-12-6-3-7-13-30,31-14-8-4-9-15-31)32-16-10-5-11-17-32/h3-25H,1-2H3. The Balaban J connectivity index is 1.57. The van der Waals surface area contributed by atoms with E-state index < -0.39 is 7.05 Å². The van der Waals surface area contributed by atoms with Gasteiger partial charge < -0.3 is 4.90 Å². The summed E-state index contributed by atoms with van der Waals surface area (Å²) in [6.45, 7) is 0. The summed E-state index contributed by atoms with van der Waals surface area (Å²) in [6, 6.07) is 48.0. The fourth-order valence-corrected chi connectivity index (χ4v) is 7.78. The molecule has 0 saturated heterocycles. The molecule has 0 saturated carbocycles. The Morgan fingerprint density at radius 3 is 1.16 bits per heavy atom. The molecule has 0 aromatic heterocycles. The molecule has 0 bridgehead atoms. The van der Waals surface area contributed by atoms with Gasteiger partial charge in [-0.3, -0.25) is 4.74 Å². The van der Waals surface area contributed by atoms with Gasteiger partial charge in [-0.15, -0.1) is 0 Å². The molecular formula is C32H29N4P. The van der Waals surface area contributed by atoms with Crippen LogP contribution in [-0.4, -0.2) is 14.1 Å². The summed E-state index contributed by atoms with van der Waals surface area (Å²) >= 11 is 0. The van der Waals surface area contributed by atoms with Gasteiger partial charge in [-0.2, -0.15) is 10.2 Å². The predicted octanol–water partition coefficient (Wildman–Crippen LogP) is 7.98. The third kappa shape index (κ3) is 5.45. The molecule has 5 aromatic carbocycles. The number of hydrogen-bond donors (Lipinski definition) is 0. The number of hydrogen-bond acceptors (Lipinski definition) is 4. The molecular weight excluding hydrogens is 471 g/mol. The molecule has 0 radical (unpaired) electrons. The first-order valence-corrected chi connectivity index (χ1v) is 14.0. The highest BCUT2D eigenvalue weighted by Gasteiger charge is 2.27. The van der Waals surface area contributed by atoms with Crippen LogP contribution in [0.2, 0.25) is 0 Å². The van der Waals surface area contributed by atoms with Crippen molar-refractivity contribution in [3.8, 4) is 0 Å². The maximum Gasteiger partial charge on any atom is 0.0858 e. The maximum atomic E-state index is 5.52. The lowest BCUT2D eigenvalue weighted by Crippen LogP contribution is -2.25. The summed E-state index contributed by atoms with van der Waals surface area (Å²) in [7, 11) is 1.74. The lowest BCUT2D eigenvalue weighted by Gasteiger charge is -2.27. The minimum Gasteiger partial charge on any atom is -0.378 e. The Morgan fingerprint density at radius 2 is 0.784 bits per heavy atom. The Morgan fingerprint density at radius 1 is 0.432 bits per heavy atom. The number of azo groups is 1. The average molecular weight is 501 g/mol. The second-order valence-corrected chi connectivity index (χ2v) is 11.9. The van der Waals surface area contributed by atoms with Gasteiger partial charge in [0.15, 0.2) is 0 Å². The second kappa shape index (κ2) is 11.2. The van der Waals surface area contributed by atoms with Crippen molar-refractivity contribution in [1.82, 2.24) is 0 Å². The van der Waals surface area contributed by atoms with E-state index >= 15 is 0 Å². The van der Waals surface area contributed by atoms with Gasteiger partial charge in [0.25, 0.3) is 0 Å². The van der Waals surface area contributed by atoms with Crippen molar-refractivity contribution >= 4 is 45.7 Å². The number of rotatable bonds is 7. The van der Waals surface area contributed by atoms with E-state index in [9.17, 15) is 0 Å². The highest BCUT2D eigenvalue weighted by atomic mass is 31.2. The van der Waals surface area contributed by atoms with Crippen LogP contribution >= 0.6 is 7.05 Å². The van der Waals surface area contributed by atoms with E-state index in [0.717, 1.165) is 22.7 Å². The second-order valence-electron chi connectivity index (χ2n) is 8.87. The summed E-state index contributed by atoms with van der Waals surface area (Å²) in [5.41, 5.74) is 3.66. The van der Waals surface area contributed by atoms with Gasteiger partial charge in [-0.05, 0) is 48.5 Å². The molecule has 4 nitrogen and oxygen atoms in total. The van der Waals surface area contributed by atoms with E-state index in [1.807, 2.05) is 62.6 Å². The van der Waals surface area contributed by atoms with Crippen LogP contribution in [0.15, 0.2) is 154 Å². The third-order valence-electron chi connectivity index (χ3n) is 6.15. The molecule has 0 unspecified atom stereocenters. The number of nitrogens with zero attached hydrogens (tertiary/aromatic N) is 4. The molecule has 0 atom stereocenters. The fourth-order valence-electron chi connectivity index (χ4n) is 4.24. The Hall–Kier alpha value is -4.27. The van der Waals surface area contributed by atoms with Crippen molar-refractivity contribution in [3.63, 3.8) is 0 Å². The van der Waals surface area contributed by atoms with Crippen LogP contribution in [0.3, 0.4) is 0 Å². The van der Waals surface area contributed by atoms with Gasteiger partial charge in [0.2, 0.25) is 0 Å². The molecule has 5 aromatic rings. The first-order valence-electron chi connectivity index (χ1n) is 12.2. The Kier molecular flexibility index (Phi) is 7.39. The molecule has 182 valence electrons. The van der Waals surface area contributed by atoms with E-state index in [1.165, 1.54) is 15.9 Å². The fraction of sp³-hybridized carbons (Fsp3) is 0.0625. The minimum absolute atomic E-state index is 0.790. The molecule has 0 aliphatic rings. The molecule has 0 aliphatic carbocycles. The van der Waals surface area contributed by atoms with Crippen molar-refractivity contribution in [2.45, 2.75) is 0 Å². The van der Waals surface area contributed by atoms with E-state index in [0.29, 0.717) is 0 Å². The molecule has 5 rings (SSSR count). The SMILES string of the molecule is CN(C)c1ccc(N=Nc2ccc(N=P(c3ccccc3)(c3ccccc3)c3ccccc3)cc2)cc1. The molecule has 0 heterocycles. The molecule has 0 N–H and O–H groups in total. The topological polar surface area (TPSA) is 40.3 Å². The Labute approximate surface area is 219 Å². The van der Waals surface area contributed by atoms with Crippen molar-refractivity contribution in [3.05, 3.63) is 140 Å². The molecule has 0 amide bonds. The van der Waals surface area contributed by atoms with Crippen LogP contribution < -0.4 is 20.8 Å². The van der Waals surface area contributed by atoms with Gasteiger partial charge in [-0.1, -0.05) is 91.0 Å². The molecule has 0 fully saturated rings. The lowest BCUT2D eigenvalue weighted by atomic mass is 10.3. The van der Waals surface area contributed by atoms with Crippen LogP contribution in [-0.2, 0) is 0 Å². The highest BCUT2D eigenvalue weighted by molar-refractivity contribution is 7.87. The molecule has 37 heavy (non-hydrogen) atoms. The minimum atomic E-state index is -2.30. The largest absolute Gasteiger partial charge is 0.378 e. The van der Waals surface area contributed by atoms with Crippen LogP contribution in [0.1, 0.15) is 0 Å². The van der Waals surface area contributed by atoms with Crippen LogP contribution in [0.4, 0.5) is 22.7 Å². The molecule has 0 aliphatic heterocycles. The van der Waals surface area contributed by atoms with Crippen molar-refractivity contribution < 1.29 is 0 Å². The molecule has 0 spiro atoms. The quantitative estimate of drug-likeness (QED) is 0.165. The lowest BCUT2D eigenvalue weighted by molar-refractivity contribution is 1.13. The van der Waals surface area contributed by atoms with Gasteiger partial charge >= 0.3 is 0 Å². The van der Waals surface area contributed by atoms with Crippen LogP contribution in [0.25, 0.3) is 0 Å². The average Bonchev–Trinajstić information content (AvgIpc) is 2.97. The zero-order chi connectivity index (χ0) is 25.5. The summed E-state index contributed by atoms with van der Waals surface area (Å²) in [6.07, 6.45) is 0. The first kappa shape index (κ1) is 24.4. The normalized spacial score (nSPS) is 11.4. The summed E-state index contributed by atoms with van der Waals surface area (Å²) < 4.78 is 5.52. The predicted molar refractivity (Wildman–Crippen MR) is 159 cm³/mol. The van der Waals surface area contributed by atoms with Gasteiger partial charge in [0, 0.05) is 35.7 Å². The summed E-state index contributed by atoms with van der Waals surface area (Å²) in [5, 5.41) is 12.5. The zero-order valence-electron chi connectivity index (χ0n) is 21.0. The molecule has 5 heteroatoms. The van der Waals surface area contributed by atoms with Gasteiger partial charge in [0.1, 0.15) is 0 Å². The van der Waals surface area contributed by atoms with Gasteiger partial charge in [0.05, 0.1) is 24.1 Å².